The summed E-state index contributed by atoms with van der Waals surface area (Å²) in [6, 6.07) is 16.1. The maximum absolute atomic E-state index is 12.9. The normalized spacial score (nSPS) is 12.2. The molecule has 1 amide bonds. The Morgan fingerprint density at radius 1 is 1.05 bits per heavy atom. The second-order valence-corrected chi connectivity index (χ2v) is 5.96. The van der Waals surface area contributed by atoms with Gasteiger partial charge in [-0.25, -0.2) is 4.39 Å². The second-order valence-electron chi connectivity index (χ2n) is 5.96. The second kappa shape index (κ2) is 7.74. The molecule has 2 aromatic carbocycles. The zero-order valence-corrected chi connectivity index (χ0v) is 13.1. The van der Waals surface area contributed by atoms with Crippen LogP contribution in [-0.4, -0.2) is 5.91 Å². The number of amides is 1. The lowest BCUT2D eigenvalue weighted by atomic mass is 9.96. The van der Waals surface area contributed by atoms with E-state index in [1.165, 1.54) is 12.1 Å². The Morgan fingerprint density at radius 2 is 1.68 bits per heavy atom. The van der Waals surface area contributed by atoms with Crippen molar-refractivity contribution in [2.24, 2.45) is 5.92 Å². The third-order valence-corrected chi connectivity index (χ3v) is 3.52. The smallest absolute Gasteiger partial charge is 0.224 e. The van der Waals surface area contributed by atoms with Crippen LogP contribution in [0.5, 0.6) is 0 Å². The van der Waals surface area contributed by atoms with Gasteiger partial charge in [-0.2, -0.15) is 0 Å². The van der Waals surface area contributed by atoms with Crippen LogP contribution in [0.1, 0.15) is 37.4 Å². The van der Waals surface area contributed by atoms with Crippen molar-refractivity contribution < 1.29 is 9.18 Å². The van der Waals surface area contributed by atoms with E-state index in [0.717, 1.165) is 17.5 Å². The molecule has 2 rings (SSSR count). The molecule has 2 nitrogen and oxygen atoms in total. The molecule has 1 atom stereocenters. The maximum atomic E-state index is 12.9. The molecule has 0 saturated heterocycles. The molecule has 1 unspecified atom stereocenters. The molecule has 0 aliphatic heterocycles. The molecule has 0 aromatic heterocycles. The molecule has 1 N–H and O–H groups in total. The van der Waals surface area contributed by atoms with Gasteiger partial charge in [0.15, 0.2) is 0 Å². The lowest BCUT2D eigenvalue weighted by molar-refractivity contribution is -0.121. The van der Waals surface area contributed by atoms with E-state index in [1.54, 1.807) is 12.1 Å². The predicted molar refractivity (Wildman–Crippen MR) is 86.9 cm³/mol. The highest BCUT2D eigenvalue weighted by molar-refractivity contribution is 5.79. The van der Waals surface area contributed by atoms with E-state index < -0.39 is 0 Å². The Labute approximate surface area is 131 Å². The highest BCUT2D eigenvalue weighted by Crippen LogP contribution is 2.21. The van der Waals surface area contributed by atoms with E-state index in [4.69, 9.17) is 0 Å². The Balaban J connectivity index is 2.03. The number of carbonyl (C=O) groups excluding carboxylic acids is 1. The first kappa shape index (κ1) is 16.2. The average molecular weight is 299 g/mol. The highest BCUT2D eigenvalue weighted by atomic mass is 19.1. The van der Waals surface area contributed by atoms with Gasteiger partial charge in [-0.3, -0.25) is 4.79 Å². The molecule has 3 heteroatoms. The summed E-state index contributed by atoms with van der Waals surface area (Å²) in [5.41, 5.74) is 1.93. The monoisotopic (exact) mass is 299 g/mol. The van der Waals surface area contributed by atoms with Crippen molar-refractivity contribution in [2.75, 3.05) is 0 Å². The molecular weight excluding hydrogens is 277 g/mol. The van der Waals surface area contributed by atoms with Gasteiger partial charge in [0.1, 0.15) is 5.82 Å². The van der Waals surface area contributed by atoms with E-state index >= 15 is 0 Å². The minimum absolute atomic E-state index is 0.00847. The molecule has 22 heavy (non-hydrogen) atoms. The first-order valence-electron chi connectivity index (χ1n) is 7.63. The number of hydrogen-bond donors (Lipinski definition) is 1. The molecule has 0 bridgehead atoms. The standard InChI is InChI=1S/C19H22FNO/c1-14(2)12-18(16-6-4-3-5-7-16)21-19(22)13-15-8-10-17(20)11-9-15/h3-11,14,18H,12-13H2,1-2H3,(H,21,22). The van der Waals surface area contributed by atoms with Gasteiger partial charge in [0.05, 0.1) is 12.5 Å². The van der Waals surface area contributed by atoms with Crippen molar-refractivity contribution in [1.29, 1.82) is 0 Å². The van der Waals surface area contributed by atoms with Gasteiger partial charge in [-0.05, 0) is 35.6 Å². The molecule has 116 valence electrons. The predicted octanol–water partition coefficient (Wildman–Crippen LogP) is 4.27. The van der Waals surface area contributed by atoms with Gasteiger partial charge in [-0.1, -0.05) is 56.3 Å². The summed E-state index contributed by atoms with van der Waals surface area (Å²) in [5.74, 6) is 0.156. The third-order valence-electron chi connectivity index (χ3n) is 3.52. The van der Waals surface area contributed by atoms with Gasteiger partial charge in [-0.15, -0.1) is 0 Å². The Hall–Kier alpha value is -2.16. The molecular formula is C19H22FNO. The van der Waals surface area contributed by atoms with E-state index in [0.29, 0.717) is 5.92 Å². The van der Waals surface area contributed by atoms with Crippen LogP contribution in [0.25, 0.3) is 0 Å². The first-order chi connectivity index (χ1) is 10.5. The van der Waals surface area contributed by atoms with E-state index in [-0.39, 0.29) is 24.2 Å². The molecule has 0 aliphatic carbocycles. The van der Waals surface area contributed by atoms with Crippen LogP contribution in [0, 0.1) is 11.7 Å². The van der Waals surface area contributed by atoms with Crippen molar-refractivity contribution in [2.45, 2.75) is 32.7 Å². The van der Waals surface area contributed by atoms with E-state index in [2.05, 4.69) is 19.2 Å². The van der Waals surface area contributed by atoms with Crippen molar-refractivity contribution in [3.8, 4) is 0 Å². The zero-order valence-electron chi connectivity index (χ0n) is 13.1. The Bertz CT molecular complexity index is 593. The quantitative estimate of drug-likeness (QED) is 0.848. The first-order valence-corrected chi connectivity index (χ1v) is 7.63. The zero-order chi connectivity index (χ0) is 15.9. The van der Waals surface area contributed by atoms with Gasteiger partial charge >= 0.3 is 0 Å². The largest absolute Gasteiger partial charge is 0.349 e. The summed E-state index contributed by atoms with van der Waals surface area (Å²) in [4.78, 5) is 12.3. The summed E-state index contributed by atoms with van der Waals surface area (Å²) in [6.07, 6.45) is 1.15. The fourth-order valence-corrected chi connectivity index (χ4v) is 2.47. The molecule has 0 heterocycles. The fourth-order valence-electron chi connectivity index (χ4n) is 2.47. The van der Waals surface area contributed by atoms with Crippen LogP contribution >= 0.6 is 0 Å². The van der Waals surface area contributed by atoms with Gasteiger partial charge in [0.2, 0.25) is 5.91 Å². The van der Waals surface area contributed by atoms with E-state index in [1.807, 2.05) is 30.3 Å². The Kier molecular flexibility index (Phi) is 5.70. The van der Waals surface area contributed by atoms with Crippen LogP contribution < -0.4 is 5.32 Å². The van der Waals surface area contributed by atoms with Crippen molar-refractivity contribution in [1.82, 2.24) is 5.32 Å². The summed E-state index contributed by atoms with van der Waals surface area (Å²) >= 11 is 0. The van der Waals surface area contributed by atoms with Crippen LogP contribution in [0.4, 0.5) is 4.39 Å². The minimum Gasteiger partial charge on any atom is -0.349 e. The van der Waals surface area contributed by atoms with E-state index in [9.17, 15) is 9.18 Å². The van der Waals surface area contributed by atoms with Crippen LogP contribution in [-0.2, 0) is 11.2 Å². The Morgan fingerprint density at radius 3 is 2.27 bits per heavy atom. The average Bonchev–Trinajstić information content (AvgIpc) is 2.49. The number of halogens is 1. The minimum atomic E-state index is -0.286. The summed E-state index contributed by atoms with van der Waals surface area (Å²) in [5, 5.41) is 3.10. The van der Waals surface area contributed by atoms with Crippen LogP contribution in [0.3, 0.4) is 0 Å². The van der Waals surface area contributed by atoms with Crippen LogP contribution in [0.2, 0.25) is 0 Å². The molecule has 0 fully saturated rings. The molecule has 0 radical (unpaired) electrons. The van der Waals surface area contributed by atoms with Gasteiger partial charge in [0.25, 0.3) is 0 Å². The number of benzene rings is 2. The van der Waals surface area contributed by atoms with Crippen LogP contribution in [0.15, 0.2) is 54.6 Å². The lowest BCUT2D eigenvalue weighted by Crippen LogP contribution is -2.30. The summed E-state index contributed by atoms with van der Waals surface area (Å²) < 4.78 is 12.9. The van der Waals surface area contributed by atoms with Gasteiger partial charge < -0.3 is 5.32 Å². The van der Waals surface area contributed by atoms with Crippen molar-refractivity contribution >= 4 is 5.91 Å². The number of rotatable bonds is 6. The molecule has 0 saturated carbocycles. The fraction of sp³-hybridized carbons (Fsp3) is 0.316. The van der Waals surface area contributed by atoms with Crippen molar-refractivity contribution in [3.63, 3.8) is 0 Å². The topological polar surface area (TPSA) is 29.1 Å². The van der Waals surface area contributed by atoms with Gasteiger partial charge in [0, 0.05) is 0 Å². The molecule has 2 aromatic rings. The number of carbonyl (C=O) groups is 1. The maximum Gasteiger partial charge on any atom is 0.224 e. The lowest BCUT2D eigenvalue weighted by Gasteiger charge is -2.21. The van der Waals surface area contributed by atoms with Crippen molar-refractivity contribution in [3.05, 3.63) is 71.5 Å². The number of hydrogen-bond acceptors (Lipinski definition) is 1. The summed E-state index contributed by atoms with van der Waals surface area (Å²) in [6.45, 7) is 4.28. The molecule has 0 spiro atoms. The summed E-state index contributed by atoms with van der Waals surface area (Å²) in [7, 11) is 0. The third kappa shape index (κ3) is 4.99. The molecule has 0 aliphatic rings. The number of nitrogens with one attached hydrogen (secondary N) is 1. The highest BCUT2D eigenvalue weighted by Gasteiger charge is 2.16. The SMILES string of the molecule is CC(C)CC(NC(=O)Cc1ccc(F)cc1)c1ccccc1.